The predicted molar refractivity (Wildman–Crippen MR) is 122 cm³/mol. The number of aliphatic carboxylic acids is 1. The standard InChI is InChI=1S/C26H19NO6/c27-14-9-10-19-20(12-23(28)29)24(26(31)33-22(19)11-14)25(30)32-13-21-17-7-3-1-5-15(17)16-6-2-4-8-18(16)21/h1-11,21H,12-13,27H2,(H,28,29). The number of fused-ring (bicyclic) bond motifs is 4. The second-order valence-corrected chi connectivity index (χ2v) is 7.89. The van der Waals surface area contributed by atoms with Gasteiger partial charge >= 0.3 is 17.6 Å². The highest BCUT2D eigenvalue weighted by atomic mass is 16.5. The summed E-state index contributed by atoms with van der Waals surface area (Å²) < 4.78 is 10.9. The number of carboxylic acid groups (broad SMARTS) is 1. The number of benzene rings is 3. The Morgan fingerprint density at radius 2 is 1.61 bits per heavy atom. The Balaban J connectivity index is 1.52. The molecule has 0 unspecified atom stereocenters. The quantitative estimate of drug-likeness (QED) is 0.273. The van der Waals surface area contributed by atoms with Crippen molar-refractivity contribution in [2.24, 2.45) is 0 Å². The molecule has 164 valence electrons. The minimum atomic E-state index is -1.19. The average molecular weight is 441 g/mol. The van der Waals surface area contributed by atoms with Crippen molar-refractivity contribution in [3.8, 4) is 11.1 Å². The van der Waals surface area contributed by atoms with Gasteiger partial charge in [0.25, 0.3) is 0 Å². The van der Waals surface area contributed by atoms with E-state index in [0.29, 0.717) is 11.1 Å². The molecule has 0 radical (unpaired) electrons. The summed E-state index contributed by atoms with van der Waals surface area (Å²) in [5, 5.41) is 9.72. The number of hydrogen-bond acceptors (Lipinski definition) is 6. The molecule has 0 saturated carbocycles. The number of anilines is 1. The summed E-state index contributed by atoms with van der Waals surface area (Å²) in [5.74, 6) is -2.30. The van der Waals surface area contributed by atoms with Crippen molar-refractivity contribution in [1.82, 2.24) is 0 Å². The lowest BCUT2D eigenvalue weighted by atomic mass is 9.98. The number of carboxylic acids is 1. The van der Waals surface area contributed by atoms with E-state index in [1.54, 1.807) is 6.07 Å². The molecule has 0 atom stereocenters. The van der Waals surface area contributed by atoms with Crippen LogP contribution in [0.25, 0.3) is 22.1 Å². The lowest BCUT2D eigenvalue weighted by Crippen LogP contribution is -2.23. The van der Waals surface area contributed by atoms with Crippen LogP contribution in [0.1, 0.15) is 33.0 Å². The summed E-state index contributed by atoms with van der Waals surface area (Å²) in [7, 11) is 0. The smallest absolute Gasteiger partial charge is 0.351 e. The molecule has 0 aliphatic heterocycles. The van der Waals surface area contributed by atoms with Crippen LogP contribution >= 0.6 is 0 Å². The van der Waals surface area contributed by atoms with Gasteiger partial charge in [-0.25, -0.2) is 9.59 Å². The van der Waals surface area contributed by atoms with Gasteiger partial charge in [-0.3, -0.25) is 4.79 Å². The van der Waals surface area contributed by atoms with Crippen molar-refractivity contribution >= 4 is 28.6 Å². The number of ether oxygens (including phenoxy) is 1. The number of hydrogen-bond donors (Lipinski definition) is 2. The summed E-state index contributed by atoms with van der Waals surface area (Å²) in [5.41, 5.74) is 9.09. The summed E-state index contributed by atoms with van der Waals surface area (Å²) >= 11 is 0. The molecule has 0 spiro atoms. The molecule has 0 saturated heterocycles. The Morgan fingerprint density at radius 3 is 2.24 bits per heavy atom. The zero-order valence-corrected chi connectivity index (χ0v) is 17.4. The Bertz CT molecular complexity index is 1440. The van der Waals surface area contributed by atoms with Crippen molar-refractivity contribution < 1.29 is 23.8 Å². The van der Waals surface area contributed by atoms with Gasteiger partial charge in [-0.1, -0.05) is 48.5 Å². The van der Waals surface area contributed by atoms with Crippen LogP contribution in [-0.2, 0) is 16.0 Å². The SMILES string of the molecule is Nc1ccc2c(CC(=O)O)c(C(=O)OCC3c4ccccc4-c4ccccc43)c(=O)oc2c1. The molecule has 1 aliphatic carbocycles. The fraction of sp³-hybridized carbons (Fsp3) is 0.115. The van der Waals surface area contributed by atoms with Gasteiger partial charge in [-0.05, 0) is 39.9 Å². The molecule has 1 aromatic heterocycles. The minimum absolute atomic E-state index is 0.00140. The van der Waals surface area contributed by atoms with Gasteiger partial charge in [0.05, 0.1) is 6.42 Å². The molecule has 7 nitrogen and oxygen atoms in total. The fourth-order valence-electron chi connectivity index (χ4n) is 4.49. The van der Waals surface area contributed by atoms with Crippen LogP contribution in [0.5, 0.6) is 0 Å². The maximum atomic E-state index is 13.1. The molecular formula is C26H19NO6. The second-order valence-electron chi connectivity index (χ2n) is 7.89. The van der Waals surface area contributed by atoms with E-state index >= 15 is 0 Å². The van der Waals surface area contributed by atoms with Gasteiger partial charge in [-0.15, -0.1) is 0 Å². The van der Waals surface area contributed by atoms with Crippen LogP contribution in [-0.4, -0.2) is 23.7 Å². The van der Waals surface area contributed by atoms with E-state index in [2.05, 4.69) is 0 Å². The lowest BCUT2D eigenvalue weighted by Gasteiger charge is -2.15. The van der Waals surface area contributed by atoms with Gasteiger partial charge in [0, 0.05) is 23.1 Å². The fourth-order valence-corrected chi connectivity index (χ4v) is 4.49. The average Bonchev–Trinajstić information content (AvgIpc) is 3.10. The van der Waals surface area contributed by atoms with Crippen LogP contribution in [0.4, 0.5) is 5.69 Å². The molecule has 3 N–H and O–H groups in total. The second kappa shape index (κ2) is 7.94. The molecule has 1 heterocycles. The third-order valence-electron chi connectivity index (χ3n) is 5.92. The highest BCUT2D eigenvalue weighted by Crippen LogP contribution is 2.44. The summed E-state index contributed by atoms with van der Waals surface area (Å²) in [6.07, 6.45) is -0.536. The van der Waals surface area contributed by atoms with Gasteiger partial charge in [0.15, 0.2) is 0 Å². The van der Waals surface area contributed by atoms with Crippen LogP contribution in [0, 0.1) is 0 Å². The van der Waals surface area contributed by atoms with E-state index in [1.807, 2.05) is 48.5 Å². The van der Waals surface area contributed by atoms with Crippen LogP contribution < -0.4 is 11.4 Å². The van der Waals surface area contributed by atoms with E-state index in [-0.39, 0.29) is 23.7 Å². The number of nitrogen functional groups attached to an aromatic ring is 1. The molecule has 1 aliphatic rings. The Kier molecular flexibility index (Phi) is 4.94. The molecule has 5 rings (SSSR count). The van der Waals surface area contributed by atoms with Crippen LogP contribution in [0.15, 0.2) is 75.9 Å². The van der Waals surface area contributed by atoms with Crippen molar-refractivity contribution in [3.05, 3.63) is 99.4 Å². The zero-order valence-electron chi connectivity index (χ0n) is 17.4. The third kappa shape index (κ3) is 3.53. The van der Waals surface area contributed by atoms with Gasteiger partial charge < -0.3 is 20.0 Å². The van der Waals surface area contributed by atoms with Crippen molar-refractivity contribution in [1.29, 1.82) is 0 Å². The van der Waals surface area contributed by atoms with Gasteiger partial charge in [0.2, 0.25) is 0 Å². The highest BCUT2D eigenvalue weighted by molar-refractivity contribution is 5.98. The Morgan fingerprint density at radius 1 is 0.970 bits per heavy atom. The van der Waals surface area contributed by atoms with Gasteiger partial charge in [0.1, 0.15) is 17.8 Å². The molecule has 3 aromatic carbocycles. The van der Waals surface area contributed by atoms with E-state index in [4.69, 9.17) is 14.9 Å². The Hall–Kier alpha value is -4.39. The van der Waals surface area contributed by atoms with E-state index in [1.165, 1.54) is 12.1 Å². The van der Waals surface area contributed by atoms with Crippen LogP contribution in [0.3, 0.4) is 0 Å². The number of carbonyl (C=O) groups is 2. The number of nitrogens with two attached hydrogens (primary N) is 1. The predicted octanol–water partition coefficient (Wildman–Crippen LogP) is 3.97. The summed E-state index contributed by atoms with van der Waals surface area (Å²) in [4.78, 5) is 37.2. The summed E-state index contributed by atoms with van der Waals surface area (Å²) in [6.45, 7) is -0.00140. The van der Waals surface area contributed by atoms with E-state index in [9.17, 15) is 19.5 Å². The largest absolute Gasteiger partial charge is 0.481 e. The van der Waals surface area contributed by atoms with Crippen molar-refractivity contribution in [3.63, 3.8) is 0 Å². The number of rotatable bonds is 5. The monoisotopic (exact) mass is 441 g/mol. The van der Waals surface area contributed by atoms with Gasteiger partial charge in [-0.2, -0.15) is 0 Å². The molecule has 4 aromatic rings. The van der Waals surface area contributed by atoms with E-state index in [0.717, 1.165) is 22.3 Å². The minimum Gasteiger partial charge on any atom is -0.481 e. The maximum absolute atomic E-state index is 13.1. The van der Waals surface area contributed by atoms with Crippen molar-refractivity contribution in [2.75, 3.05) is 12.3 Å². The highest BCUT2D eigenvalue weighted by Gasteiger charge is 2.30. The first-order chi connectivity index (χ1) is 15.9. The first-order valence-corrected chi connectivity index (χ1v) is 10.4. The topological polar surface area (TPSA) is 120 Å². The van der Waals surface area contributed by atoms with Crippen molar-refractivity contribution in [2.45, 2.75) is 12.3 Å². The first-order valence-electron chi connectivity index (χ1n) is 10.4. The molecular weight excluding hydrogens is 422 g/mol. The third-order valence-corrected chi connectivity index (χ3v) is 5.92. The molecule has 0 bridgehead atoms. The molecule has 0 amide bonds. The maximum Gasteiger partial charge on any atom is 0.351 e. The zero-order chi connectivity index (χ0) is 23.1. The molecule has 33 heavy (non-hydrogen) atoms. The van der Waals surface area contributed by atoms with E-state index < -0.39 is 29.5 Å². The Labute approximate surface area is 188 Å². The normalized spacial score (nSPS) is 12.4. The molecule has 7 heteroatoms. The number of carbonyl (C=O) groups excluding carboxylic acids is 1. The molecule has 0 fully saturated rings. The summed E-state index contributed by atoms with van der Waals surface area (Å²) in [6, 6.07) is 20.3. The van der Waals surface area contributed by atoms with Crippen LogP contribution in [0.2, 0.25) is 0 Å². The number of esters is 1. The first kappa shape index (κ1) is 20.5. The lowest BCUT2D eigenvalue weighted by molar-refractivity contribution is -0.136.